The number of aryl methyl sites for hydroxylation is 2. The fraction of sp³-hybridized carbons (Fsp3) is 0.750. The predicted molar refractivity (Wildman–Crippen MR) is 79.5 cm³/mol. The molecule has 3 atom stereocenters. The normalized spacial score (nSPS) is 31.3. The number of hydrogen-bond acceptors (Lipinski definition) is 5. The van der Waals surface area contributed by atoms with Crippen LogP contribution in [0.2, 0.25) is 0 Å². The first-order chi connectivity index (χ1) is 10.3. The van der Waals surface area contributed by atoms with Gasteiger partial charge in [-0.3, -0.25) is 0 Å². The van der Waals surface area contributed by atoms with Crippen LogP contribution in [0.3, 0.4) is 0 Å². The van der Waals surface area contributed by atoms with Crippen LogP contribution in [-0.4, -0.2) is 47.0 Å². The molecule has 21 heavy (non-hydrogen) atoms. The van der Waals surface area contributed by atoms with Gasteiger partial charge >= 0.3 is 0 Å². The summed E-state index contributed by atoms with van der Waals surface area (Å²) < 4.78 is 5.90. The van der Waals surface area contributed by atoms with Gasteiger partial charge < -0.3 is 14.7 Å². The molecule has 1 saturated carbocycles. The zero-order valence-corrected chi connectivity index (χ0v) is 12.6. The van der Waals surface area contributed by atoms with E-state index in [1.165, 1.54) is 17.7 Å². The van der Waals surface area contributed by atoms with E-state index in [4.69, 9.17) is 14.7 Å². The Morgan fingerprint density at radius 2 is 2.19 bits per heavy atom. The third-order valence-corrected chi connectivity index (χ3v) is 5.28. The monoisotopic (exact) mass is 289 g/mol. The maximum atomic E-state index is 9.44. The molecule has 1 aromatic heterocycles. The molecule has 0 aromatic carbocycles. The summed E-state index contributed by atoms with van der Waals surface area (Å²) in [6, 6.07) is 0.328. The van der Waals surface area contributed by atoms with Gasteiger partial charge in [0.2, 0.25) is 5.95 Å². The Balaban J connectivity index is 1.65. The van der Waals surface area contributed by atoms with E-state index in [9.17, 15) is 5.11 Å². The topological polar surface area (TPSA) is 58.5 Å². The van der Waals surface area contributed by atoms with Gasteiger partial charge in [-0.15, -0.1) is 0 Å². The first-order valence-corrected chi connectivity index (χ1v) is 8.11. The van der Waals surface area contributed by atoms with Crippen LogP contribution in [0.15, 0.2) is 0 Å². The van der Waals surface area contributed by atoms with Crippen LogP contribution in [0.25, 0.3) is 0 Å². The molecule has 3 aliphatic rings. The largest absolute Gasteiger partial charge is 0.396 e. The fourth-order valence-electron chi connectivity index (χ4n) is 4.18. The number of morpholine rings is 1. The van der Waals surface area contributed by atoms with Gasteiger partial charge in [-0.25, -0.2) is 9.97 Å². The van der Waals surface area contributed by atoms with E-state index in [1.807, 2.05) is 0 Å². The van der Waals surface area contributed by atoms with Crippen molar-refractivity contribution in [1.82, 2.24) is 9.97 Å². The highest BCUT2D eigenvalue weighted by molar-refractivity contribution is 5.41. The van der Waals surface area contributed by atoms with Gasteiger partial charge in [0.05, 0.1) is 18.8 Å². The molecule has 1 aliphatic heterocycles. The highest BCUT2D eigenvalue weighted by Crippen LogP contribution is 2.36. The Morgan fingerprint density at radius 1 is 1.29 bits per heavy atom. The molecule has 2 heterocycles. The smallest absolute Gasteiger partial charge is 0.226 e. The Kier molecular flexibility index (Phi) is 3.34. The number of aliphatic hydroxyl groups is 1. The van der Waals surface area contributed by atoms with Gasteiger partial charge in [-0.05, 0) is 50.5 Å². The zero-order chi connectivity index (χ0) is 14.4. The average Bonchev–Trinajstić information content (AvgIpc) is 3.12. The van der Waals surface area contributed by atoms with Crippen LogP contribution in [-0.2, 0) is 17.6 Å². The molecule has 4 rings (SSSR count). The molecule has 1 saturated heterocycles. The number of fused-ring (bicyclic) bond motifs is 2. The van der Waals surface area contributed by atoms with Gasteiger partial charge in [0.1, 0.15) is 0 Å². The summed E-state index contributed by atoms with van der Waals surface area (Å²) in [5, 5.41) is 9.44. The molecule has 114 valence electrons. The van der Waals surface area contributed by atoms with E-state index >= 15 is 0 Å². The highest BCUT2D eigenvalue weighted by atomic mass is 16.5. The summed E-state index contributed by atoms with van der Waals surface area (Å²) in [6.07, 6.45) is 5.60. The molecular formula is C16H23N3O2. The molecule has 1 unspecified atom stereocenters. The van der Waals surface area contributed by atoms with Crippen LogP contribution in [0.1, 0.15) is 36.2 Å². The third kappa shape index (κ3) is 2.23. The summed E-state index contributed by atoms with van der Waals surface area (Å²) in [7, 11) is 0. The van der Waals surface area contributed by atoms with Crippen LogP contribution < -0.4 is 4.90 Å². The molecule has 2 fully saturated rings. The van der Waals surface area contributed by atoms with Crippen LogP contribution in [0.5, 0.6) is 0 Å². The average molecular weight is 289 g/mol. The Morgan fingerprint density at radius 3 is 3.05 bits per heavy atom. The summed E-state index contributed by atoms with van der Waals surface area (Å²) >= 11 is 0. The van der Waals surface area contributed by atoms with Crippen molar-refractivity contribution in [3.63, 3.8) is 0 Å². The lowest BCUT2D eigenvalue weighted by molar-refractivity contribution is 0.0224. The molecule has 2 aliphatic carbocycles. The summed E-state index contributed by atoms with van der Waals surface area (Å²) in [4.78, 5) is 12.0. The number of ether oxygens (including phenoxy) is 1. The van der Waals surface area contributed by atoms with Gasteiger partial charge in [-0.2, -0.15) is 0 Å². The van der Waals surface area contributed by atoms with E-state index in [2.05, 4.69) is 11.8 Å². The predicted octanol–water partition coefficient (Wildman–Crippen LogP) is 1.25. The SMILES string of the molecule is Cc1nc(N2CCOC3C[C@H](CO)C[C@@H]32)nc2c1CCC2. The van der Waals surface area contributed by atoms with Crippen molar-refractivity contribution in [1.29, 1.82) is 0 Å². The lowest BCUT2D eigenvalue weighted by Gasteiger charge is -2.37. The van der Waals surface area contributed by atoms with Gasteiger partial charge in [0.25, 0.3) is 0 Å². The molecule has 5 heteroatoms. The number of hydrogen-bond donors (Lipinski definition) is 1. The Labute approximate surface area is 125 Å². The molecule has 0 spiro atoms. The van der Waals surface area contributed by atoms with Crippen molar-refractivity contribution < 1.29 is 9.84 Å². The lowest BCUT2D eigenvalue weighted by Crippen LogP contribution is -2.49. The molecule has 0 amide bonds. The van der Waals surface area contributed by atoms with Crippen molar-refractivity contribution in [3.8, 4) is 0 Å². The molecule has 0 radical (unpaired) electrons. The van der Waals surface area contributed by atoms with E-state index in [0.29, 0.717) is 12.0 Å². The molecule has 5 nitrogen and oxygen atoms in total. The van der Waals surface area contributed by atoms with E-state index in [-0.39, 0.29) is 12.7 Å². The van der Waals surface area contributed by atoms with Crippen molar-refractivity contribution in [2.45, 2.75) is 51.2 Å². The van der Waals surface area contributed by atoms with Crippen molar-refractivity contribution in [2.24, 2.45) is 5.92 Å². The molecular weight excluding hydrogens is 266 g/mol. The summed E-state index contributed by atoms with van der Waals surface area (Å²) in [5.41, 5.74) is 3.76. The second-order valence-corrected chi connectivity index (χ2v) is 6.58. The second kappa shape index (κ2) is 5.21. The highest BCUT2D eigenvalue weighted by Gasteiger charge is 2.42. The van der Waals surface area contributed by atoms with Crippen LogP contribution >= 0.6 is 0 Å². The zero-order valence-electron chi connectivity index (χ0n) is 12.6. The van der Waals surface area contributed by atoms with Crippen molar-refractivity contribution in [2.75, 3.05) is 24.7 Å². The Hall–Kier alpha value is -1.20. The van der Waals surface area contributed by atoms with Gasteiger partial charge in [0.15, 0.2) is 0 Å². The van der Waals surface area contributed by atoms with Gasteiger partial charge in [-0.1, -0.05) is 0 Å². The first-order valence-electron chi connectivity index (χ1n) is 8.11. The molecule has 0 bridgehead atoms. The summed E-state index contributed by atoms with van der Waals surface area (Å²) in [5.74, 6) is 1.24. The maximum absolute atomic E-state index is 9.44. The standard InChI is InChI=1S/C16H23N3O2/c1-10-12-3-2-4-13(12)18-16(17-10)19-5-6-21-15-8-11(9-20)7-14(15)19/h11,14-15,20H,2-9H2,1H3/t11-,14+,15?/m1/s1. The number of aromatic nitrogens is 2. The van der Waals surface area contributed by atoms with Crippen LogP contribution in [0, 0.1) is 12.8 Å². The third-order valence-electron chi connectivity index (χ3n) is 5.28. The van der Waals surface area contributed by atoms with E-state index in [0.717, 1.165) is 50.5 Å². The van der Waals surface area contributed by atoms with E-state index < -0.39 is 0 Å². The van der Waals surface area contributed by atoms with Gasteiger partial charge in [0, 0.05) is 24.5 Å². The van der Waals surface area contributed by atoms with Crippen molar-refractivity contribution >= 4 is 5.95 Å². The summed E-state index contributed by atoms with van der Waals surface area (Å²) in [6.45, 7) is 3.96. The quantitative estimate of drug-likeness (QED) is 0.888. The minimum atomic E-state index is 0.230. The second-order valence-electron chi connectivity index (χ2n) is 6.58. The molecule has 1 N–H and O–H groups in total. The first kappa shape index (κ1) is 13.5. The minimum Gasteiger partial charge on any atom is -0.396 e. The van der Waals surface area contributed by atoms with E-state index in [1.54, 1.807) is 0 Å². The lowest BCUT2D eigenvalue weighted by atomic mass is 10.1. The van der Waals surface area contributed by atoms with Crippen LogP contribution in [0.4, 0.5) is 5.95 Å². The number of nitrogens with zero attached hydrogens (tertiary/aromatic N) is 3. The molecule has 1 aromatic rings. The fourth-order valence-corrected chi connectivity index (χ4v) is 4.18. The Bertz CT molecular complexity index is 549. The maximum Gasteiger partial charge on any atom is 0.226 e. The van der Waals surface area contributed by atoms with Crippen molar-refractivity contribution in [3.05, 3.63) is 17.0 Å². The number of rotatable bonds is 2. The minimum absolute atomic E-state index is 0.230. The number of anilines is 1. The number of aliphatic hydroxyl groups excluding tert-OH is 1.